The fourth-order valence-corrected chi connectivity index (χ4v) is 2.47. The van der Waals surface area contributed by atoms with Gasteiger partial charge in [-0.15, -0.1) is 0 Å². The number of nitrogens with one attached hydrogen (secondary N) is 2. The Bertz CT molecular complexity index is 628. The van der Waals surface area contributed by atoms with Gasteiger partial charge in [-0.3, -0.25) is 4.79 Å². The van der Waals surface area contributed by atoms with Crippen LogP contribution >= 0.6 is 15.9 Å². The average molecular weight is 347 g/mol. The third-order valence-corrected chi connectivity index (χ3v) is 3.71. The van der Waals surface area contributed by atoms with Crippen molar-refractivity contribution in [3.8, 4) is 0 Å². The first kappa shape index (κ1) is 15.7. The summed E-state index contributed by atoms with van der Waals surface area (Å²) in [7, 11) is 0. The maximum absolute atomic E-state index is 11.9. The van der Waals surface area contributed by atoms with Crippen LogP contribution in [0.5, 0.6) is 0 Å². The quantitative estimate of drug-likeness (QED) is 0.857. The van der Waals surface area contributed by atoms with Crippen molar-refractivity contribution in [1.29, 1.82) is 0 Å². The molecule has 2 aromatic carbocycles. The Hall–Kier alpha value is -1.65. The van der Waals surface area contributed by atoms with E-state index in [9.17, 15) is 4.79 Å². The van der Waals surface area contributed by atoms with Crippen LogP contribution in [0.15, 0.2) is 53.0 Å². The van der Waals surface area contributed by atoms with Crippen molar-refractivity contribution in [1.82, 2.24) is 5.32 Å². The van der Waals surface area contributed by atoms with Gasteiger partial charge in [-0.25, -0.2) is 0 Å². The minimum Gasteiger partial charge on any atom is -0.325 e. The van der Waals surface area contributed by atoms with Gasteiger partial charge in [0.1, 0.15) is 0 Å². The Kier molecular flexibility index (Phi) is 5.53. The first-order valence-corrected chi connectivity index (χ1v) is 7.69. The van der Waals surface area contributed by atoms with E-state index in [1.54, 1.807) is 0 Å². The number of carbonyl (C=O) groups is 1. The molecule has 4 heteroatoms. The second kappa shape index (κ2) is 7.38. The van der Waals surface area contributed by atoms with Crippen LogP contribution in [0.3, 0.4) is 0 Å². The summed E-state index contributed by atoms with van der Waals surface area (Å²) in [5.41, 5.74) is 3.20. The second-order valence-electron chi connectivity index (χ2n) is 5.08. The molecular weight excluding hydrogens is 328 g/mol. The van der Waals surface area contributed by atoms with Crippen molar-refractivity contribution in [2.75, 3.05) is 11.9 Å². The van der Waals surface area contributed by atoms with E-state index in [4.69, 9.17) is 0 Å². The number of halogens is 1. The highest BCUT2D eigenvalue weighted by Gasteiger charge is 2.08. The van der Waals surface area contributed by atoms with Crippen LogP contribution in [0.25, 0.3) is 0 Å². The van der Waals surface area contributed by atoms with Gasteiger partial charge in [-0.05, 0) is 37.6 Å². The first-order chi connectivity index (χ1) is 10.0. The van der Waals surface area contributed by atoms with Gasteiger partial charge >= 0.3 is 0 Å². The van der Waals surface area contributed by atoms with Gasteiger partial charge in [0, 0.05) is 16.2 Å². The predicted molar refractivity (Wildman–Crippen MR) is 90.4 cm³/mol. The van der Waals surface area contributed by atoms with Crippen LogP contribution in [0, 0.1) is 6.92 Å². The van der Waals surface area contributed by atoms with Gasteiger partial charge < -0.3 is 10.6 Å². The SMILES string of the molecule is Cc1cccc([C@H](C)NCC(=O)Nc2cccc(Br)c2)c1. The summed E-state index contributed by atoms with van der Waals surface area (Å²) in [6.07, 6.45) is 0. The number of rotatable bonds is 5. The van der Waals surface area contributed by atoms with E-state index >= 15 is 0 Å². The summed E-state index contributed by atoms with van der Waals surface area (Å²) in [5.74, 6) is -0.0485. The highest BCUT2D eigenvalue weighted by molar-refractivity contribution is 9.10. The zero-order valence-corrected chi connectivity index (χ0v) is 13.8. The smallest absolute Gasteiger partial charge is 0.238 e. The minimum atomic E-state index is -0.0485. The zero-order valence-electron chi connectivity index (χ0n) is 12.2. The van der Waals surface area contributed by atoms with E-state index < -0.39 is 0 Å². The van der Waals surface area contributed by atoms with Crippen molar-refractivity contribution < 1.29 is 4.79 Å². The molecule has 0 radical (unpaired) electrons. The molecule has 0 saturated carbocycles. The van der Waals surface area contributed by atoms with Gasteiger partial charge in [0.05, 0.1) is 6.54 Å². The number of benzene rings is 2. The molecule has 0 saturated heterocycles. The number of amides is 1. The molecular formula is C17H19BrN2O. The number of hydrogen-bond donors (Lipinski definition) is 2. The van der Waals surface area contributed by atoms with Crippen molar-refractivity contribution >= 4 is 27.5 Å². The zero-order chi connectivity index (χ0) is 15.2. The van der Waals surface area contributed by atoms with Crippen molar-refractivity contribution in [2.45, 2.75) is 19.9 Å². The number of carbonyl (C=O) groups excluding carboxylic acids is 1. The van der Waals surface area contributed by atoms with E-state index in [2.05, 4.69) is 58.6 Å². The summed E-state index contributed by atoms with van der Waals surface area (Å²) in [6, 6.07) is 16.0. The van der Waals surface area contributed by atoms with Crippen LogP contribution in [0.4, 0.5) is 5.69 Å². The van der Waals surface area contributed by atoms with Crippen LogP contribution in [-0.4, -0.2) is 12.5 Å². The molecule has 1 atom stereocenters. The fourth-order valence-electron chi connectivity index (χ4n) is 2.07. The van der Waals surface area contributed by atoms with E-state index in [0.717, 1.165) is 10.2 Å². The average Bonchev–Trinajstić information content (AvgIpc) is 2.45. The molecule has 0 bridgehead atoms. The lowest BCUT2D eigenvalue weighted by Gasteiger charge is -2.14. The summed E-state index contributed by atoms with van der Waals surface area (Å²) < 4.78 is 0.946. The highest BCUT2D eigenvalue weighted by atomic mass is 79.9. The minimum absolute atomic E-state index is 0.0485. The number of aryl methyl sites for hydroxylation is 1. The molecule has 3 nitrogen and oxygen atoms in total. The summed E-state index contributed by atoms with van der Waals surface area (Å²) >= 11 is 3.38. The Labute approximate surface area is 133 Å². The molecule has 0 unspecified atom stereocenters. The Morgan fingerprint density at radius 2 is 1.95 bits per heavy atom. The molecule has 0 aromatic heterocycles. The first-order valence-electron chi connectivity index (χ1n) is 6.90. The lowest BCUT2D eigenvalue weighted by atomic mass is 10.1. The van der Waals surface area contributed by atoms with E-state index in [1.165, 1.54) is 11.1 Å². The van der Waals surface area contributed by atoms with E-state index in [-0.39, 0.29) is 18.5 Å². The van der Waals surface area contributed by atoms with E-state index in [1.807, 2.05) is 30.3 Å². The Morgan fingerprint density at radius 1 is 1.19 bits per heavy atom. The maximum Gasteiger partial charge on any atom is 0.238 e. The summed E-state index contributed by atoms with van der Waals surface area (Å²) in [4.78, 5) is 11.9. The van der Waals surface area contributed by atoms with Gasteiger partial charge in [0.25, 0.3) is 0 Å². The molecule has 2 aromatic rings. The third kappa shape index (κ3) is 4.99. The largest absolute Gasteiger partial charge is 0.325 e. The second-order valence-corrected chi connectivity index (χ2v) is 5.99. The normalized spacial score (nSPS) is 12.0. The molecule has 21 heavy (non-hydrogen) atoms. The van der Waals surface area contributed by atoms with Gasteiger partial charge in [0.15, 0.2) is 0 Å². The monoisotopic (exact) mass is 346 g/mol. The van der Waals surface area contributed by atoms with Crippen LogP contribution in [0.1, 0.15) is 24.1 Å². The Balaban J connectivity index is 1.86. The summed E-state index contributed by atoms with van der Waals surface area (Å²) in [6.45, 7) is 4.40. The third-order valence-electron chi connectivity index (χ3n) is 3.22. The van der Waals surface area contributed by atoms with Crippen molar-refractivity contribution in [3.63, 3.8) is 0 Å². The van der Waals surface area contributed by atoms with Gasteiger partial charge in [-0.1, -0.05) is 51.8 Å². The van der Waals surface area contributed by atoms with Gasteiger partial charge in [-0.2, -0.15) is 0 Å². The lowest BCUT2D eigenvalue weighted by molar-refractivity contribution is -0.115. The molecule has 0 heterocycles. The number of hydrogen-bond acceptors (Lipinski definition) is 2. The van der Waals surface area contributed by atoms with Crippen molar-refractivity contribution in [3.05, 3.63) is 64.1 Å². The Morgan fingerprint density at radius 3 is 2.67 bits per heavy atom. The summed E-state index contributed by atoms with van der Waals surface area (Å²) in [5, 5.41) is 6.11. The van der Waals surface area contributed by atoms with Crippen LogP contribution in [0.2, 0.25) is 0 Å². The number of anilines is 1. The molecule has 0 spiro atoms. The standard InChI is InChI=1S/C17H19BrN2O/c1-12-5-3-6-14(9-12)13(2)19-11-17(21)20-16-8-4-7-15(18)10-16/h3-10,13,19H,11H2,1-2H3,(H,20,21)/t13-/m0/s1. The molecule has 1 amide bonds. The lowest BCUT2D eigenvalue weighted by Crippen LogP contribution is -2.30. The molecule has 0 aliphatic rings. The molecule has 2 N–H and O–H groups in total. The van der Waals surface area contributed by atoms with Crippen LogP contribution in [-0.2, 0) is 4.79 Å². The van der Waals surface area contributed by atoms with Crippen molar-refractivity contribution in [2.24, 2.45) is 0 Å². The van der Waals surface area contributed by atoms with E-state index in [0.29, 0.717) is 0 Å². The molecule has 110 valence electrons. The topological polar surface area (TPSA) is 41.1 Å². The molecule has 0 aliphatic heterocycles. The molecule has 0 aliphatic carbocycles. The molecule has 0 fully saturated rings. The van der Waals surface area contributed by atoms with Crippen LogP contribution < -0.4 is 10.6 Å². The highest BCUT2D eigenvalue weighted by Crippen LogP contribution is 2.16. The fraction of sp³-hybridized carbons (Fsp3) is 0.235. The maximum atomic E-state index is 11.9. The van der Waals surface area contributed by atoms with Gasteiger partial charge in [0.2, 0.25) is 5.91 Å². The molecule has 2 rings (SSSR count). The predicted octanol–water partition coefficient (Wildman–Crippen LogP) is 4.05.